The van der Waals surface area contributed by atoms with Crippen molar-refractivity contribution in [2.45, 2.75) is 38.3 Å². The summed E-state index contributed by atoms with van der Waals surface area (Å²) in [4.78, 5) is 2.57. The lowest BCUT2D eigenvalue weighted by Crippen LogP contribution is -2.46. The topological polar surface area (TPSA) is 33.7 Å². The van der Waals surface area contributed by atoms with Gasteiger partial charge in [-0.15, -0.1) is 0 Å². The largest absolute Gasteiger partial charge is 0.376 e. The van der Waals surface area contributed by atoms with E-state index in [0.29, 0.717) is 6.04 Å². The van der Waals surface area contributed by atoms with E-state index >= 15 is 0 Å². The molecule has 1 N–H and O–H groups in total. The molecule has 0 spiro atoms. The van der Waals surface area contributed by atoms with Crippen LogP contribution in [-0.4, -0.2) is 63.0 Å². The number of nitrogens with zero attached hydrogens (tertiary/aromatic N) is 1. The molecule has 0 saturated carbocycles. The van der Waals surface area contributed by atoms with E-state index in [2.05, 4.69) is 17.1 Å². The van der Waals surface area contributed by atoms with Gasteiger partial charge in [-0.2, -0.15) is 0 Å². The molecule has 100 valence electrons. The van der Waals surface area contributed by atoms with Gasteiger partial charge in [0.1, 0.15) is 0 Å². The van der Waals surface area contributed by atoms with Gasteiger partial charge in [0.05, 0.1) is 25.9 Å². The molecular formula is C13H26N2O2. The van der Waals surface area contributed by atoms with Crippen LogP contribution < -0.4 is 5.32 Å². The molecule has 2 saturated heterocycles. The highest BCUT2D eigenvalue weighted by atomic mass is 16.6. The van der Waals surface area contributed by atoms with Crippen LogP contribution in [-0.2, 0) is 9.47 Å². The first-order valence-corrected chi connectivity index (χ1v) is 7.03. The van der Waals surface area contributed by atoms with Gasteiger partial charge in [0.2, 0.25) is 0 Å². The summed E-state index contributed by atoms with van der Waals surface area (Å²) in [5.41, 5.74) is 0. The van der Waals surface area contributed by atoms with E-state index in [-0.39, 0.29) is 6.10 Å². The van der Waals surface area contributed by atoms with E-state index in [1.165, 1.54) is 38.9 Å². The van der Waals surface area contributed by atoms with Crippen molar-refractivity contribution in [2.24, 2.45) is 0 Å². The van der Waals surface area contributed by atoms with Crippen molar-refractivity contribution in [1.29, 1.82) is 0 Å². The lowest BCUT2D eigenvalue weighted by atomic mass is 10.0. The molecule has 2 rings (SSSR count). The first kappa shape index (κ1) is 13.3. The number of nitrogens with one attached hydrogen (secondary N) is 1. The Kier molecular flexibility index (Phi) is 5.71. The van der Waals surface area contributed by atoms with E-state index in [4.69, 9.17) is 9.47 Å². The zero-order valence-electron chi connectivity index (χ0n) is 11.0. The molecule has 0 aromatic carbocycles. The predicted molar refractivity (Wildman–Crippen MR) is 68.3 cm³/mol. The number of likely N-dealkylation sites (tertiary alicyclic amines) is 1. The second-order valence-corrected chi connectivity index (χ2v) is 5.09. The Morgan fingerprint density at radius 2 is 2.06 bits per heavy atom. The van der Waals surface area contributed by atoms with Gasteiger partial charge in [0, 0.05) is 12.6 Å². The number of hydrogen-bond acceptors (Lipinski definition) is 4. The molecule has 0 aromatic heterocycles. The van der Waals surface area contributed by atoms with Gasteiger partial charge < -0.3 is 19.7 Å². The van der Waals surface area contributed by atoms with Crippen LogP contribution in [0.5, 0.6) is 0 Å². The minimum Gasteiger partial charge on any atom is -0.376 e. The third-order valence-corrected chi connectivity index (χ3v) is 3.65. The maximum Gasteiger partial charge on any atom is 0.0933 e. The van der Waals surface area contributed by atoms with Crippen LogP contribution in [0.15, 0.2) is 0 Å². The van der Waals surface area contributed by atoms with Crippen LogP contribution in [0.3, 0.4) is 0 Å². The molecule has 0 aliphatic carbocycles. The minimum absolute atomic E-state index is 0.262. The highest BCUT2D eigenvalue weighted by Gasteiger charge is 2.20. The molecule has 2 aliphatic heterocycles. The molecule has 2 aliphatic rings. The van der Waals surface area contributed by atoms with Crippen LogP contribution in [0, 0.1) is 0 Å². The summed E-state index contributed by atoms with van der Waals surface area (Å²) < 4.78 is 11.0. The summed E-state index contributed by atoms with van der Waals surface area (Å²) in [6, 6.07) is 0.675. The van der Waals surface area contributed by atoms with Gasteiger partial charge in [-0.1, -0.05) is 6.92 Å². The van der Waals surface area contributed by atoms with Crippen LogP contribution in [0.1, 0.15) is 26.2 Å². The maximum atomic E-state index is 5.63. The highest BCUT2D eigenvalue weighted by molar-refractivity contribution is 4.78. The van der Waals surface area contributed by atoms with Gasteiger partial charge in [-0.3, -0.25) is 0 Å². The Balaban J connectivity index is 1.57. The molecule has 0 aromatic rings. The summed E-state index contributed by atoms with van der Waals surface area (Å²) >= 11 is 0. The summed E-state index contributed by atoms with van der Waals surface area (Å²) in [5, 5.41) is 3.62. The Bertz CT molecular complexity index is 200. The molecule has 0 bridgehead atoms. The van der Waals surface area contributed by atoms with Crippen LogP contribution in [0.25, 0.3) is 0 Å². The van der Waals surface area contributed by atoms with Crippen molar-refractivity contribution in [3.63, 3.8) is 0 Å². The summed E-state index contributed by atoms with van der Waals surface area (Å²) in [7, 11) is 0. The van der Waals surface area contributed by atoms with Crippen molar-refractivity contribution in [1.82, 2.24) is 10.2 Å². The average Bonchev–Trinajstić information content (AvgIpc) is 2.40. The van der Waals surface area contributed by atoms with Crippen LogP contribution in [0.4, 0.5) is 0 Å². The Morgan fingerprint density at radius 1 is 1.24 bits per heavy atom. The molecular weight excluding hydrogens is 216 g/mol. The van der Waals surface area contributed by atoms with E-state index < -0.39 is 0 Å². The zero-order chi connectivity index (χ0) is 11.9. The van der Waals surface area contributed by atoms with Crippen molar-refractivity contribution < 1.29 is 9.47 Å². The predicted octanol–water partition coefficient (Wildman–Crippen LogP) is 0.866. The molecule has 2 heterocycles. The molecule has 0 amide bonds. The van der Waals surface area contributed by atoms with Gasteiger partial charge in [-0.05, 0) is 38.9 Å². The SMILES string of the molecule is CCCN1CCC(NCC2COCCO2)CC1. The molecule has 0 radical (unpaired) electrons. The van der Waals surface area contributed by atoms with Crippen LogP contribution >= 0.6 is 0 Å². The molecule has 4 nitrogen and oxygen atoms in total. The highest BCUT2D eigenvalue weighted by Crippen LogP contribution is 2.11. The number of rotatable bonds is 5. The molecule has 1 atom stereocenters. The first-order valence-electron chi connectivity index (χ1n) is 7.03. The smallest absolute Gasteiger partial charge is 0.0933 e. The zero-order valence-corrected chi connectivity index (χ0v) is 11.0. The fourth-order valence-electron chi connectivity index (χ4n) is 2.63. The quantitative estimate of drug-likeness (QED) is 0.775. The van der Waals surface area contributed by atoms with Crippen molar-refractivity contribution in [3.8, 4) is 0 Å². The van der Waals surface area contributed by atoms with Crippen molar-refractivity contribution in [3.05, 3.63) is 0 Å². The number of hydrogen-bond donors (Lipinski definition) is 1. The number of ether oxygens (including phenoxy) is 2. The average molecular weight is 242 g/mol. The lowest BCUT2D eigenvalue weighted by molar-refractivity contribution is -0.0874. The second kappa shape index (κ2) is 7.31. The maximum absolute atomic E-state index is 5.63. The standard InChI is InChI=1S/C13H26N2O2/c1-2-5-15-6-3-12(4-7-15)14-10-13-11-16-8-9-17-13/h12-14H,2-11H2,1H3. The second-order valence-electron chi connectivity index (χ2n) is 5.09. The third kappa shape index (κ3) is 4.54. The normalized spacial score (nSPS) is 28.4. The number of piperidine rings is 1. The Hall–Kier alpha value is -0.160. The Labute approximate surface area is 105 Å². The fourth-order valence-corrected chi connectivity index (χ4v) is 2.63. The van der Waals surface area contributed by atoms with E-state index in [9.17, 15) is 0 Å². The molecule has 17 heavy (non-hydrogen) atoms. The van der Waals surface area contributed by atoms with Gasteiger partial charge in [0.25, 0.3) is 0 Å². The summed E-state index contributed by atoms with van der Waals surface area (Å²) in [5.74, 6) is 0. The van der Waals surface area contributed by atoms with Crippen molar-refractivity contribution >= 4 is 0 Å². The van der Waals surface area contributed by atoms with Gasteiger partial charge >= 0.3 is 0 Å². The first-order chi connectivity index (χ1) is 8.38. The van der Waals surface area contributed by atoms with E-state index in [1.54, 1.807) is 0 Å². The lowest BCUT2D eigenvalue weighted by Gasteiger charge is -2.33. The molecule has 1 unspecified atom stereocenters. The van der Waals surface area contributed by atoms with Gasteiger partial charge in [-0.25, -0.2) is 0 Å². The molecule has 4 heteroatoms. The van der Waals surface area contributed by atoms with E-state index in [1.807, 2.05) is 0 Å². The van der Waals surface area contributed by atoms with E-state index in [0.717, 1.165) is 26.4 Å². The molecule has 2 fully saturated rings. The minimum atomic E-state index is 0.262. The van der Waals surface area contributed by atoms with Crippen molar-refractivity contribution in [2.75, 3.05) is 46.0 Å². The van der Waals surface area contributed by atoms with Crippen LogP contribution in [0.2, 0.25) is 0 Å². The third-order valence-electron chi connectivity index (χ3n) is 3.65. The monoisotopic (exact) mass is 242 g/mol. The Morgan fingerprint density at radius 3 is 2.71 bits per heavy atom. The summed E-state index contributed by atoms with van der Waals surface area (Å²) in [6.45, 7) is 9.20. The van der Waals surface area contributed by atoms with Gasteiger partial charge in [0.15, 0.2) is 0 Å². The summed E-state index contributed by atoms with van der Waals surface area (Å²) in [6.07, 6.45) is 4.07. The fraction of sp³-hybridized carbons (Fsp3) is 1.00.